The van der Waals surface area contributed by atoms with Gasteiger partial charge in [0.15, 0.2) is 5.78 Å². The summed E-state index contributed by atoms with van der Waals surface area (Å²) in [5.41, 5.74) is 0.729. The van der Waals surface area contributed by atoms with E-state index < -0.39 is 0 Å². The summed E-state index contributed by atoms with van der Waals surface area (Å²) >= 11 is 0. The van der Waals surface area contributed by atoms with E-state index in [-0.39, 0.29) is 5.78 Å². The lowest BCUT2D eigenvalue weighted by molar-refractivity contribution is 0.0896. The van der Waals surface area contributed by atoms with Gasteiger partial charge < -0.3 is 9.47 Å². The van der Waals surface area contributed by atoms with Crippen LogP contribution in [0.2, 0.25) is 0 Å². The van der Waals surface area contributed by atoms with Gasteiger partial charge in [0.1, 0.15) is 5.75 Å². The third-order valence-corrected chi connectivity index (χ3v) is 2.68. The first-order chi connectivity index (χ1) is 8.29. The Morgan fingerprint density at radius 2 is 2.00 bits per heavy atom. The van der Waals surface area contributed by atoms with Crippen molar-refractivity contribution in [2.45, 2.75) is 32.3 Å². The van der Waals surface area contributed by atoms with E-state index in [1.807, 2.05) is 31.2 Å². The maximum atomic E-state index is 11.7. The van der Waals surface area contributed by atoms with Crippen molar-refractivity contribution in [2.75, 3.05) is 13.2 Å². The van der Waals surface area contributed by atoms with Gasteiger partial charge in [0.05, 0.1) is 12.7 Å². The first-order valence-electron chi connectivity index (χ1n) is 6.17. The summed E-state index contributed by atoms with van der Waals surface area (Å²) in [6.45, 7) is 3.07. The lowest BCUT2D eigenvalue weighted by Crippen LogP contribution is -2.05. The van der Waals surface area contributed by atoms with Gasteiger partial charge in [-0.05, 0) is 44.0 Å². The quantitative estimate of drug-likeness (QED) is 0.537. The second kappa shape index (κ2) is 5.82. The average molecular weight is 234 g/mol. The van der Waals surface area contributed by atoms with E-state index in [2.05, 4.69) is 0 Å². The molecule has 2 rings (SSSR count). The van der Waals surface area contributed by atoms with Crippen LogP contribution in [-0.2, 0) is 4.74 Å². The predicted octanol–water partition coefficient (Wildman–Crippen LogP) is 2.84. The Hall–Kier alpha value is -1.35. The smallest absolute Gasteiger partial charge is 0.165 e. The summed E-state index contributed by atoms with van der Waals surface area (Å²) in [4.78, 5) is 11.7. The number of carbonyl (C=O) groups is 1. The van der Waals surface area contributed by atoms with Gasteiger partial charge >= 0.3 is 0 Å². The van der Waals surface area contributed by atoms with Crippen molar-refractivity contribution < 1.29 is 14.3 Å². The van der Waals surface area contributed by atoms with E-state index in [9.17, 15) is 4.79 Å². The van der Waals surface area contributed by atoms with Crippen molar-refractivity contribution in [1.29, 1.82) is 0 Å². The van der Waals surface area contributed by atoms with E-state index in [1.54, 1.807) is 0 Å². The van der Waals surface area contributed by atoms with Gasteiger partial charge in [-0.3, -0.25) is 4.79 Å². The Morgan fingerprint density at radius 3 is 2.59 bits per heavy atom. The fraction of sp³-hybridized carbons (Fsp3) is 0.500. The lowest BCUT2D eigenvalue weighted by Gasteiger charge is -2.05. The van der Waals surface area contributed by atoms with Gasteiger partial charge in [-0.15, -0.1) is 0 Å². The fourth-order valence-electron chi connectivity index (χ4n) is 1.55. The molecule has 0 heterocycles. The van der Waals surface area contributed by atoms with Crippen molar-refractivity contribution in [3.05, 3.63) is 29.8 Å². The molecule has 0 bridgehead atoms. The molecule has 0 radical (unpaired) electrons. The molecule has 1 fully saturated rings. The molecular weight excluding hydrogens is 216 g/mol. The Balaban J connectivity index is 1.85. The molecule has 0 unspecified atom stereocenters. The monoisotopic (exact) mass is 234 g/mol. The van der Waals surface area contributed by atoms with Crippen LogP contribution in [0, 0.1) is 0 Å². The van der Waals surface area contributed by atoms with Crippen LogP contribution in [0.1, 0.15) is 36.5 Å². The molecule has 1 aromatic carbocycles. The highest BCUT2D eigenvalue weighted by Crippen LogP contribution is 2.26. The van der Waals surface area contributed by atoms with Gasteiger partial charge in [0.25, 0.3) is 0 Å². The zero-order valence-electron chi connectivity index (χ0n) is 10.1. The van der Waals surface area contributed by atoms with Crippen LogP contribution in [0.25, 0.3) is 0 Å². The number of ketones is 1. The van der Waals surface area contributed by atoms with Crippen LogP contribution in [-0.4, -0.2) is 25.1 Å². The zero-order chi connectivity index (χ0) is 12.1. The molecule has 1 saturated carbocycles. The standard InChI is InChI=1S/C14H18O3/c1-2-16-10-9-14(15)11-3-5-12(6-4-11)17-13-7-8-13/h3-6,13H,2,7-10H2,1H3. The molecule has 1 aliphatic rings. The number of benzene rings is 1. The lowest BCUT2D eigenvalue weighted by atomic mass is 10.1. The highest BCUT2D eigenvalue weighted by atomic mass is 16.5. The molecule has 3 heteroatoms. The number of carbonyl (C=O) groups excluding carboxylic acids is 1. The number of ether oxygens (including phenoxy) is 2. The second-order valence-electron chi connectivity index (χ2n) is 4.21. The number of rotatable bonds is 7. The van der Waals surface area contributed by atoms with E-state index >= 15 is 0 Å². The van der Waals surface area contributed by atoms with E-state index in [4.69, 9.17) is 9.47 Å². The number of hydrogen-bond donors (Lipinski definition) is 0. The zero-order valence-corrected chi connectivity index (χ0v) is 10.1. The number of hydrogen-bond acceptors (Lipinski definition) is 3. The Kier molecular flexibility index (Phi) is 4.15. The molecule has 92 valence electrons. The predicted molar refractivity (Wildman–Crippen MR) is 65.5 cm³/mol. The minimum atomic E-state index is 0.122. The molecule has 0 spiro atoms. The topological polar surface area (TPSA) is 35.5 Å². The highest BCUT2D eigenvalue weighted by Gasteiger charge is 2.23. The SMILES string of the molecule is CCOCCC(=O)c1ccc(OC2CC2)cc1. The molecule has 0 N–H and O–H groups in total. The van der Waals surface area contributed by atoms with E-state index in [0.717, 1.165) is 24.2 Å². The maximum absolute atomic E-state index is 11.7. The normalized spacial score (nSPS) is 14.6. The van der Waals surface area contributed by atoms with Crippen LogP contribution in [0.5, 0.6) is 5.75 Å². The van der Waals surface area contributed by atoms with Crippen LogP contribution in [0.15, 0.2) is 24.3 Å². The van der Waals surface area contributed by atoms with Crippen LogP contribution >= 0.6 is 0 Å². The summed E-state index contributed by atoms with van der Waals surface area (Å²) in [6.07, 6.45) is 3.13. The molecule has 0 saturated heterocycles. The first kappa shape index (κ1) is 12.1. The van der Waals surface area contributed by atoms with E-state index in [1.165, 1.54) is 0 Å². The van der Waals surface area contributed by atoms with Gasteiger partial charge in [0.2, 0.25) is 0 Å². The molecule has 1 aromatic rings. The van der Waals surface area contributed by atoms with Gasteiger partial charge in [-0.25, -0.2) is 0 Å². The maximum Gasteiger partial charge on any atom is 0.165 e. The van der Waals surface area contributed by atoms with Gasteiger partial charge in [0, 0.05) is 18.6 Å². The van der Waals surface area contributed by atoms with Crippen molar-refractivity contribution in [2.24, 2.45) is 0 Å². The number of Topliss-reactive ketones (excluding diaryl/α,β-unsaturated/α-hetero) is 1. The Morgan fingerprint density at radius 1 is 1.29 bits per heavy atom. The van der Waals surface area contributed by atoms with Crippen molar-refractivity contribution >= 4 is 5.78 Å². The minimum absolute atomic E-state index is 0.122. The molecule has 0 atom stereocenters. The molecular formula is C14H18O3. The molecule has 3 nitrogen and oxygen atoms in total. The third-order valence-electron chi connectivity index (χ3n) is 2.68. The highest BCUT2D eigenvalue weighted by molar-refractivity contribution is 5.96. The summed E-state index contributed by atoms with van der Waals surface area (Å²) in [6, 6.07) is 7.39. The Labute approximate surface area is 102 Å². The molecule has 0 aliphatic heterocycles. The summed E-state index contributed by atoms with van der Waals surface area (Å²) in [7, 11) is 0. The van der Waals surface area contributed by atoms with Crippen LogP contribution in [0.4, 0.5) is 0 Å². The van der Waals surface area contributed by atoms with Crippen molar-refractivity contribution in [3.8, 4) is 5.75 Å². The van der Waals surface area contributed by atoms with Crippen molar-refractivity contribution in [3.63, 3.8) is 0 Å². The third kappa shape index (κ3) is 3.86. The van der Waals surface area contributed by atoms with Crippen LogP contribution in [0.3, 0.4) is 0 Å². The largest absolute Gasteiger partial charge is 0.490 e. The average Bonchev–Trinajstić information content (AvgIpc) is 3.14. The molecule has 0 amide bonds. The van der Waals surface area contributed by atoms with Gasteiger partial charge in [-0.2, -0.15) is 0 Å². The summed E-state index contributed by atoms with van der Waals surface area (Å²) in [5.74, 6) is 0.977. The molecule has 1 aliphatic carbocycles. The Bertz CT molecular complexity index is 366. The molecule has 17 heavy (non-hydrogen) atoms. The van der Waals surface area contributed by atoms with Gasteiger partial charge in [-0.1, -0.05) is 0 Å². The summed E-state index contributed by atoms with van der Waals surface area (Å²) in [5, 5.41) is 0. The minimum Gasteiger partial charge on any atom is -0.490 e. The fourth-order valence-corrected chi connectivity index (χ4v) is 1.55. The van der Waals surface area contributed by atoms with Crippen molar-refractivity contribution in [1.82, 2.24) is 0 Å². The van der Waals surface area contributed by atoms with Crippen LogP contribution < -0.4 is 4.74 Å². The molecule has 0 aromatic heterocycles. The summed E-state index contributed by atoms with van der Waals surface area (Å²) < 4.78 is 10.8. The second-order valence-corrected chi connectivity index (χ2v) is 4.21. The first-order valence-corrected chi connectivity index (χ1v) is 6.17. The van der Waals surface area contributed by atoms with E-state index in [0.29, 0.717) is 25.7 Å².